The van der Waals surface area contributed by atoms with E-state index in [-0.39, 0.29) is 12.1 Å². The Morgan fingerprint density at radius 2 is 1.85 bits per heavy atom. The van der Waals surface area contributed by atoms with Crippen LogP contribution in [-0.4, -0.2) is 39.9 Å². The van der Waals surface area contributed by atoms with Gasteiger partial charge in [-0.15, -0.1) is 0 Å². The molecule has 2 aliphatic rings. The Labute approximate surface area is 166 Å². The molecule has 4 rings (SSSR count). The van der Waals surface area contributed by atoms with Gasteiger partial charge in [0.05, 0.1) is 11.7 Å². The Hall–Kier alpha value is -2.01. The van der Waals surface area contributed by atoms with Gasteiger partial charge in [0.1, 0.15) is 6.04 Å². The number of thioether (sulfide) groups is 1. The second-order valence-electron chi connectivity index (χ2n) is 7.10. The van der Waals surface area contributed by atoms with Crippen molar-refractivity contribution in [3.63, 3.8) is 0 Å². The third kappa shape index (κ3) is 3.33. The van der Waals surface area contributed by atoms with Crippen molar-refractivity contribution in [2.24, 2.45) is 4.99 Å². The summed E-state index contributed by atoms with van der Waals surface area (Å²) in [4.78, 5) is 14.7. The number of anilines is 1. The number of hydrogen-bond acceptors (Lipinski definition) is 5. The highest BCUT2D eigenvalue weighted by atomic mass is 32.2. The Balaban J connectivity index is 1.71. The lowest BCUT2D eigenvalue weighted by atomic mass is 9.95. The molecule has 3 unspecified atom stereocenters. The maximum atomic E-state index is 5.10. The van der Waals surface area contributed by atoms with Crippen molar-refractivity contribution >= 4 is 22.6 Å². The van der Waals surface area contributed by atoms with Gasteiger partial charge in [0.15, 0.2) is 5.17 Å². The van der Waals surface area contributed by atoms with Crippen molar-refractivity contribution in [3.8, 4) is 0 Å². The Morgan fingerprint density at radius 1 is 1.07 bits per heavy atom. The van der Waals surface area contributed by atoms with Crippen LogP contribution >= 0.6 is 11.8 Å². The number of rotatable bonds is 6. The van der Waals surface area contributed by atoms with Gasteiger partial charge in [-0.2, -0.15) is 0 Å². The molecule has 1 aromatic heterocycles. The Kier molecular flexibility index (Phi) is 5.39. The molecule has 0 N–H and O–H groups in total. The summed E-state index contributed by atoms with van der Waals surface area (Å²) in [6, 6.07) is 16.1. The number of nitrogens with zero attached hydrogens (tertiary/aromatic N) is 4. The molecule has 3 heterocycles. The van der Waals surface area contributed by atoms with Gasteiger partial charge in [-0.05, 0) is 50.1 Å². The van der Waals surface area contributed by atoms with Crippen molar-refractivity contribution in [3.05, 3.63) is 59.9 Å². The molecular formula is C22H28N4S. The number of pyridine rings is 1. The Bertz CT molecular complexity index is 786. The maximum absolute atomic E-state index is 5.10. The second kappa shape index (κ2) is 7.93. The molecule has 0 bridgehead atoms. The lowest BCUT2D eigenvalue weighted by Gasteiger charge is -2.32. The van der Waals surface area contributed by atoms with E-state index in [2.05, 4.69) is 72.0 Å². The van der Waals surface area contributed by atoms with Gasteiger partial charge in [-0.3, -0.25) is 9.98 Å². The molecule has 0 radical (unpaired) electrons. The summed E-state index contributed by atoms with van der Waals surface area (Å²) in [6.07, 6.45) is 3.03. The first kappa shape index (κ1) is 18.4. The maximum Gasteiger partial charge on any atom is 0.160 e. The van der Waals surface area contributed by atoms with Crippen molar-refractivity contribution in [2.75, 3.05) is 23.7 Å². The number of aliphatic imine (C=N–C) groups is 1. The molecule has 2 aromatic rings. The molecular weight excluding hydrogens is 352 g/mol. The molecule has 1 aromatic carbocycles. The monoisotopic (exact) mass is 380 g/mol. The molecule has 142 valence electrons. The van der Waals surface area contributed by atoms with E-state index < -0.39 is 0 Å². The molecule has 0 saturated carbocycles. The van der Waals surface area contributed by atoms with Gasteiger partial charge < -0.3 is 9.80 Å². The largest absolute Gasteiger partial charge is 0.372 e. The predicted molar refractivity (Wildman–Crippen MR) is 116 cm³/mol. The normalized spacial score (nSPS) is 24.0. The SMILES string of the molecule is CCC1CSC2=NC(c3ccccn3)C(c3ccc(N(CC)CC)cc3)N21. The molecule has 1 saturated heterocycles. The lowest BCUT2D eigenvalue weighted by molar-refractivity contribution is 0.255. The van der Waals surface area contributed by atoms with Crippen LogP contribution in [0, 0.1) is 0 Å². The molecule has 0 aliphatic carbocycles. The zero-order valence-electron chi connectivity index (χ0n) is 16.4. The number of fused-ring (bicyclic) bond motifs is 1. The van der Waals surface area contributed by atoms with Crippen LogP contribution in [0.2, 0.25) is 0 Å². The minimum atomic E-state index is 0.0716. The van der Waals surface area contributed by atoms with E-state index >= 15 is 0 Å². The highest BCUT2D eigenvalue weighted by Crippen LogP contribution is 2.48. The molecule has 3 atom stereocenters. The molecule has 4 nitrogen and oxygen atoms in total. The smallest absolute Gasteiger partial charge is 0.160 e. The van der Waals surface area contributed by atoms with Crippen LogP contribution in [0.1, 0.15) is 50.5 Å². The van der Waals surface area contributed by atoms with Gasteiger partial charge in [-0.25, -0.2) is 0 Å². The van der Waals surface area contributed by atoms with Crippen LogP contribution in [0.25, 0.3) is 0 Å². The summed E-state index contributed by atoms with van der Waals surface area (Å²) in [6.45, 7) is 8.76. The summed E-state index contributed by atoms with van der Waals surface area (Å²) < 4.78 is 0. The average Bonchev–Trinajstić information content (AvgIpc) is 3.29. The van der Waals surface area contributed by atoms with E-state index in [1.165, 1.54) is 16.4 Å². The summed E-state index contributed by atoms with van der Waals surface area (Å²) in [5, 5.41) is 1.19. The first-order chi connectivity index (χ1) is 13.3. The number of hydrogen-bond donors (Lipinski definition) is 0. The number of benzene rings is 1. The van der Waals surface area contributed by atoms with Crippen LogP contribution in [0.15, 0.2) is 53.7 Å². The van der Waals surface area contributed by atoms with Gasteiger partial charge in [0.2, 0.25) is 0 Å². The number of amidine groups is 1. The zero-order chi connectivity index (χ0) is 18.8. The van der Waals surface area contributed by atoms with E-state index in [0.29, 0.717) is 6.04 Å². The molecule has 0 amide bonds. The fourth-order valence-electron chi connectivity index (χ4n) is 4.18. The van der Waals surface area contributed by atoms with Gasteiger partial charge in [0, 0.05) is 36.8 Å². The van der Waals surface area contributed by atoms with E-state index in [1.807, 2.05) is 24.0 Å². The van der Waals surface area contributed by atoms with Crippen LogP contribution in [-0.2, 0) is 0 Å². The number of aromatic nitrogens is 1. The Morgan fingerprint density at radius 3 is 2.48 bits per heavy atom. The minimum absolute atomic E-state index is 0.0716. The van der Waals surface area contributed by atoms with Crippen molar-refractivity contribution in [1.29, 1.82) is 0 Å². The van der Waals surface area contributed by atoms with E-state index in [1.54, 1.807) is 0 Å². The molecule has 2 aliphatic heterocycles. The van der Waals surface area contributed by atoms with Crippen LogP contribution in [0.4, 0.5) is 5.69 Å². The second-order valence-corrected chi connectivity index (χ2v) is 8.09. The summed E-state index contributed by atoms with van der Waals surface area (Å²) in [5.74, 6) is 1.14. The van der Waals surface area contributed by atoms with Crippen LogP contribution in [0.3, 0.4) is 0 Å². The van der Waals surface area contributed by atoms with Crippen molar-refractivity contribution in [2.45, 2.75) is 45.3 Å². The van der Waals surface area contributed by atoms with Crippen LogP contribution in [0.5, 0.6) is 0 Å². The summed E-state index contributed by atoms with van der Waals surface area (Å²) >= 11 is 1.90. The highest BCUT2D eigenvalue weighted by molar-refractivity contribution is 8.14. The fourth-order valence-corrected chi connectivity index (χ4v) is 5.52. The predicted octanol–water partition coefficient (Wildman–Crippen LogP) is 4.91. The first-order valence-electron chi connectivity index (χ1n) is 10.0. The average molecular weight is 381 g/mol. The summed E-state index contributed by atoms with van der Waals surface area (Å²) in [5.41, 5.74) is 3.69. The van der Waals surface area contributed by atoms with Gasteiger partial charge in [-0.1, -0.05) is 36.9 Å². The standard InChI is InChI=1S/C22H28N4S/c1-4-17-15-27-22-24-20(19-9-7-8-14-23-19)21(26(17)22)16-10-12-18(13-11-16)25(5-2)6-3/h7-14,17,20-21H,4-6,15H2,1-3H3. The van der Waals surface area contributed by atoms with E-state index in [4.69, 9.17) is 4.99 Å². The topological polar surface area (TPSA) is 31.7 Å². The fraction of sp³-hybridized carbons (Fsp3) is 0.455. The zero-order valence-corrected chi connectivity index (χ0v) is 17.2. The quantitative estimate of drug-likeness (QED) is 0.713. The van der Waals surface area contributed by atoms with Crippen molar-refractivity contribution < 1.29 is 0 Å². The van der Waals surface area contributed by atoms with Crippen molar-refractivity contribution in [1.82, 2.24) is 9.88 Å². The molecule has 5 heteroatoms. The third-order valence-corrected chi connectivity index (χ3v) is 6.82. The van der Waals surface area contributed by atoms with Crippen LogP contribution < -0.4 is 4.90 Å². The highest BCUT2D eigenvalue weighted by Gasteiger charge is 2.45. The minimum Gasteiger partial charge on any atom is -0.372 e. The van der Waals surface area contributed by atoms with E-state index in [0.717, 1.165) is 31.0 Å². The van der Waals surface area contributed by atoms with Gasteiger partial charge >= 0.3 is 0 Å². The summed E-state index contributed by atoms with van der Waals surface area (Å²) in [7, 11) is 0. The molecule has 27 heavy (non-hydrogen) atoms. The first-order valence-corrected chi connectivity index (χ1v) is 11.0. The molecule has 0 spiro atoms. The van der Waals surface area contributed by atoms with E-state index in [9.17, 15) is 0 Å². The lowest BCUT2D eigenvalue weighted by Crippen LogP contribution is -2.35. The third-order valence-electron chi connectivity index (χ3n) is 5.69. The molecule has 1 fully saturated rings. The van der Waals surface area contributed by atoms with Gasteiger partial charge in [0.25, 0.3) is 0 Å².